The molecule has 0 aliphatic heterocycles. The molecule has 3 heterocycles. The Morgan fingerprint density at radius 2 is 2.23 bits per heavy atom. The van der Waals surface area contributed by atoms with Gasteiger partial charge in [-0.2, -0.15) is 10.1 Å². The van der Waals surface area contributed by atoms with Crippen LogP contribution in [0, 0.1) is 0 Å². The molecule has 1 N–H and O–H groups in total. The first-order chi connectivity index (χ1) is 10.3. The molecule has 0 bridgehead atoms. The fourth-order valence-corrected chi connectivity index (χ4v) is 1.92. The summed E-state index contributed by atoms with van der Waals surface area (Å²) in [6.07, 6.45) is 6.00. The molecule has 0 radical (unpaired) electrons. The van der Waals surface area contributed by atoms with Crippen molar-refractivity contribution in [1.29, 1.82) is 0 Å². The van der Waals surface area contributed by atoms with E-state index in [9.17, 15) is 0 Å². The lowest BCUT2D eigenvalue weighted by Crippen LogP contribution is -2.24. The molecule has 0 amide bonds. The molecule has 0 fully saturated rings. The van der Waals surface area contributed by atoms with Crippen LogP contribution < -0.4 is 5.32 Å². The monoisotopic (exact) mass is 320 g/mol. The Hall–Kier alpha value is -2.25. The third-order valence-electron chi connectivity index (χ3n) is 3.18. The first-order valence-corrected chi connectivity index (χ1v) is 6.72. The van der Waals surface area contributed by atoms with E-state index in [4.69, 9.17) is 4.52 Å². The van der Waals surface area contributed by atoms with Gasteiger partial charge < -0.3 is 9.84 Å². The number of nitrogens with zero attached hydrogens (tertiary/aromatic N) is 5. The summed E-state index contributed by atoms with van der Waals surface area (Å²) in [6, 6.07) is 5.89. The lowest BCUT2D eigenvalue weighted by atomic mass is 10.2. The quantitative estimate of drug-likeness (QED) is 0.773. The third kappa shape index (κ3) is 3.49. The normalized spacial score (nSPS) is 11.9. The molecule has 7 nitrogen and oxygen atoms in total. The van der Waals surface area contributed by atoms with Crippen LogP contribution in [-0.4, -0.2) is 38.0 Å². The van der Waals surface area contributed by atoms with Crippen LogP contribution >= 0.6 is 12.4 Å². The van der Waals surface area contributed by atoms with Crippen LogP contribution in [0.4, 0.5) is 0 Å². The van der Waals surface area contributed by atoms with Crippen molar-refractivity contribution in [3.63, 3.8) is 0 Å². The Morgan fingerprint density at radius 3 is 2.95 bits per heavy atom. The summed E-state index contributed by atoms with van der Waals surface area (Å²) in [5.74, 6) is 1.08. The van der Waals surface area contributed by atoms with Crippen molar-refractivity contribution in [3.05, 3.63) is 42.6 Å². The highest BCUT2D eigenvalue weighted by molar-refractivity contribution is 5.85. The zero-order valence-electron chi connectivity index (χ0n) is 12.3. The maximum atomic E-state index is 5.29. The molecule has 0 saturated heterocycles. The van der Waals surface area contributed by atoms with E-state index in [1.165, 1.54) is 0 Å². The zero-order valence-corrected chi connectivity index (χ0v) is 13.1. The molecule has 22 heavy (non-hydrogen) atoms. The number of aromatic nitrogens is 5. The Kier molecular flexibility index (Phi) is 5.24. The summed E-state index contributed by atoms with van der Waals surface area (Å²) in [4.78, 5) is 8.66. The van der Waals surface area contributed by atoms with Crippen molar-refractivity contribution < 1.29 is 4.52 Å². The number of rotatable bonds is 5. The standard InChI is InChI=1S/C14H16N6O.ClH/c1-10(15-2)8-13-18-14(21-19-13)12-9-11(4-6-16-12)20-7-3-5-17-20;/h3-7,9-10,15H,8H2,1-2H3;1H. The molecule has 3 rings (SSSR count). The van der Waals surface area contributed by atoms with Gasteiger partial charge in [0.1, 0.15) is 5.69 Å². The van der Waals surface area contributed by atoms with Crippen molar-refractivity contribution in [2.45, 2.75) is 19.4 Å². The van der Waals surface area contributed by atoms with E-state index in [2.05, 4.69) is 32.5 Å². The van der Waals surface area contributed by atoms with E-state index in [0.29, 0.717) is 29.9 Å². The van der Waals surface area contributed by atoms with Gasteiger partial charge in [-0.15, -0.1) is 12.4 Å². The molecular formula is C14H17ClN6O. The van der Waals surface area contributed by atoms with Crippen molar-refractivity contribution in [2.75, 3.05) is 7.05 Å². The van der Waals surface area contributed by atoms with E-state index in [-0.39, 0.29) is 12.4 Å². The second kappa shape index (κ2) is 7.15. The molecular weight excluding hydrogens is 304 g/mol. The number of halogens is 1. The molecule has 0 aliphatic rings. The number of hydrogen-bond acceptors (Lipinski definition) is 6. The average Bonchev–Trinajstić information content (AvgIpc) is 3.19. The molecule has 0 saturated carbocycles. The van der Waals surface area contributed by atoms with Crippen molar-refractivity contribution in [3.8, 4) is 17.3 Å². The maximum absolute atomic E-state index is 5.29. The molecule has 0 aliphatic carbocycles. The molecule has 3 aromatic rings. The van der Waals surface area contributed by atoms with Crippen LogP contribution in [0.15, 0.2) is 41.3 Å². The minimum atomic E-state index is 0. The molecule has 1 atom stereocenters. The zero-order chi connectivity index (χ0) is 14.7. The van der Waals surface area contributed by atoms with Gasteiger partial charge in [0.05, 0.1) is 5.69 Å². The van der Waals surface area contributed by atoms with Gasteiger partial charge in [-0.05, 0) is 32.2 Å². The van der Waals surface area contributed by atoms with Gasteiger partial charge in [0.2, 0.25) is 0 Å². The van der Waals surface area contributed by atoms with Gasteiger partial charge in [0.15, 0.2) is 5.82 Å². The summed E-state index contributed by atoms with van der Waals surface area (Å²) in [6.45, 7) is 2.06. The third-order valence-corrected chi connectivity index (χ3v) is 3.18. The SMILES string of the molecule is CNC(C)Cc1noc(-c2cc(-n3cccn3)ccn2)n1.Cl. The van der Waals surface area contributed by atoms with Crippen LogP contribution in [-0.2, 0) is 6.42 Å². The van der Waals surface area contributed by atoms with Gasteiger partial charge >= 0.3 is 0 Å². The number of likely N-dealkylation sites (N-methyl/N-ethyl adjacent to an activating group) is 1. The minimum Gasteiger partial charge on any atom is -0.332 e. The van der Waals surface area contributed by atoms with E-state index in [1.54, 1.807) is 17.1 Å². The van der Waals surface area contributed by atoms with Gasteiger partial charge in [0.25, 0.3) is 5.89 Å². The Morgan fingerprint density at radius 1 is 1.36 bits per heavy atom. The molecule has 0 spiro atoms. The number of pyridine rings is 1. The largest absolute Gasteiger partial charge is 0.332 e. The van der Waals surface area contributed by atoms with E-state index in [0.717, 1.165) is 5.69 Å². The molecule has 116 valence electrons. The number of nitrogens with one attached hydrogen (secondary N) is 1. The summed E-state index contributed by atoms with van der Waals surface area (Å²) in [5, 5.41) is 11.3. The Labute approximate surface area is 134 Å². The molecule has 1 unspecified atom stereocenters. The predicted octanol–water partition coefficient (Wildman–Crippen LogP) is 1.89. The van der Waals surface area contributed by atoms with Gasteiger partial charge in [-0.3, -0.25) is 4.98 Å². The number of hydrogen-bond donors (Lipinski definition) is 1. The lowest BCUT2D eigenvalue weighted by molar-refractivity contribution is 0.417. The maximum Gasteiger partial charge on any atom is 0.276 e. The summed E-state index contributed by atoms with van der Waals surface area (Å²) < 4.78 is 7.04. The first kappa shape index (κ1) is 16.1. The highest BCUT2D eigenvalue weighted by Gasteiger charge is 2.13. The second-order valence-electron chi connectivity index (χ2n) is 4.76. The van der Waals surface area contributed by atoms with Crippen molar-refractivity contribution >= 4 is 12.4 Å². The van der Waals surface area contributed by atoms with Crippen LogP contribution in [0.5, 0.6) is 0 Å². The highest BCUT2D eigenvalue weighted by atomic mass is 35.5. The summed E-state index contributed by atoms with van der Waals surface area (Å²) >= 11 is 0. The van der Waals surface area contributed by atoms with E-state index >= 15 is 0 Å². The van der Waals surface area contributed by atoms with Crippen molar-refractivity contribution in [1.82, 2.24) is 30.2 Å². The van der Waals surface area contributed by atoms with Gasteiger partial charge in [0, 0.05) is 31.1 Å². The molecule has 3 aromatic heterocycles. The van der Waals surface area contributed by atoms with Gasteiger partial charge in [-0.1, -0.05) is 5.16 Å². The fourth-order valence-electron chi connectivity index (χ4n) is 1.92. The first-order valence-electron chi connectivity index (χ1n) is 6.72. The second-order valence-corrected chi connectivity index (χ2v) is 4.76. The van der Waals surface area contributed by atoms with E-state index < -0.39 is 0 Å². The van der Waals surface area contributed by atoms with Crippen LogP contribution in [0.25, 0.3) is 17.3 Å². The summed E-state index contributed by atoms with van der Waals surface area (Å²) in [7, 11) is 1.90. The van der Waals surface area contributed by atoms with Crippen LogP contribution in [0.3, 0.4) is 0 Å². The van der Waals surface area contributed by atoms with Gasteiger partial charge in [-0.25, -0.2) is 4.68 Å². The highest BCUT2D eigenvalue weighted by Crippen LogP contribution is 2.17. The Balaban J connectivity index is 0.00000176. The molecule has 8 heteroatoms. The molecule has 0 aromatic carbocycles. The smallest absolute Gasteiger partial charge is 0.276 e. The minimum absolute atomic E-state index is 0. The Bertz CT molecular complexity index is 712. The summed E-state index contributed by atoms with van der Waals surface area (Å²) in [5.41, 5.74) is 1.53. The van der Waals surface area contributed by atoms with Crippen molar-refractivity contribution in [2.24, 2.45) is 0 Å². The predicted molar refractivity (Wildman–Crippen MR) is 84.1 cm³/mol. The fraction of sp³-hybridized carbons (Fsp3) is 0.286. The van der Waals surface area contributed by atoms with E-state index in [1.807, 2.05) is 31.4 Å². The lowest BCUT2D eigenvalue weighted by Gasteiger charge is -2.04. The van der Waals surface area contributed by atoms with Crippen LogP contribution in [0.2, 0.25) is 0 Å². The average molecular weight is 321 g/mol. The topological polar surface area (TPSA) is 81.7 Å². The van der Waals surface area contributed by atoms with Crippen LogP contribution in [0.1, 0.15) is 12.7 Å².